The molecule has 0 spiro atoms. The summed E-state index contributed by atoms with van der Waals surface area (Å²) >= 11 is 3.40. The molecule has 26 heavy (non-hydrogen) atoms. The van der Waals surface area contributed by atoms with Crippen molar-refractivity contribution in [1.29, 1.82) is 0 Å². The summed E-state index contributed by atoms with van der Waals surface area (Å²) in [5, 5.41) is 1.03. The van der Waals surface area contributed by atoms with Crippen molar-refractivity contribution in [2.75, 3.05) is 12.4 Å². The molecule has 2 aromatic heterocycles. The van der Waals surface area contributed by atoms with Gasteiger partial charge in [0, 0.05) is 39.5 Å². The van der Waals surface area contributed by atoms with Gasteiger partial charge in [0.1, 0.15) is 10.4 Å². The van der Waals surface area contributed by atoms with E-state index in [9.17, 15) is 4.79 Å². The van der Waals surface area contributed by atoms with Gasteiger partial charge in [0.25, 0.3) is 5.56 Å². The highest BCUT2D eigenvalue weighted by Crippen LogP contribution is 2.40. The number of thioether (sulfide) groups is 1. The Kier molecular flexibility index (Phi) is 4.84. The Morgan fingerprint density at radius 1 is 1.27 bits per heavy atom. The van der Waals surface area contributed by atoms with Crippen molar-refractivity contribution in [3.05, 3.63) is 45.7 Å². The monoisotopic (exact) mass is 385 g/mol. The van der Waals surface area contributed by atoms with E-state index in [0.29, 0.717) is 5.92 Å². The van der Waals surface area contributed by atoms with Crippen LogP contribution >= 0.6 is 23.1 Å². The molecule has 0 amide bonds. The van der Waals surface area contributed by atoms with E-state index < -0.39 is 0 Å². The normalized spacial score (nSPS) is 14.1. The summed E-state index contributed by atoms with van der Waals surface area (Å²) in [6.45, 7) is 5.00. The van der Waals surface area contributed by atoms with Crippen molar-refractivity contribution in [1.82, 2.24) is 4.57 Å². The maximum atomic E-state index is 12.5. The number of rotatable bonds is 6. The van der Waals surface area contributed by atoms with Crippen molar-refractivity contribution in [2.24, 2.45) is 13.0 Å². The first-order valence-corrected chi connectivity index (χ1v) is 10.9. The third kappa shape index (κ3) is 3.42. The Morgan fingerprint density at radius 2 is 2.08 bits per heavy atom. The van der Waals surface area contributed by atoms with Gasteiger partial charge in [-0.2, -0.15) is 0 Å². The molecule has 0 N–H and O–H groups in total. The van der Waals surface area contributed by atoms with Gasteiger partial charge in [-0.05, 0) is 55.7 Å². The van der Waals surface area contributed by atoms with E-state index in [1.807, 2.05) is 25.0 Å². The standard InChI is InChI=1S/C21H23NO2S2/c1-4-25-15-7-8-19(24-12-14-5-6-14)16(10-15)18-11-22(3)21(23)20-17(18)9-13(2)26-20/h7-11,14H,4-6,12H2,1-3H3. The number of hydrogen-bond donors (Lipinski definition) is 0. The zero-order valence-corrected chi connectivity index (χ0v) is 17.0. The number of pyridine rings is 1. The Labute approximate surface area is 162 Å². The third-order valence-electron chi connectivity index (χ3n) is 4.71. The van der Waals surface area contributed by atoms with Crippen LogP contribution in [0.2, 0.25) is 0 Å². The lowest BCUT2D eigenvalue weighted by Crippen LogP contribution is -2.15. The van der Waals surface area contributed by atoms with Crippen LogP contribution in [0.1, 0.15) is 24.6 Å². The number of nitrogens with zero attached hydrogens (tertiary/aromatic N) is 1. The molecule has 0 atom stereocenters. The fourth-order valence-electron chi connectivity index (χ4n) is 3.16. The van der Waals surface area contributed by atoms with E-state index in [1.165, 1.54) is 17.7 Å². The van der Waals surface area contributed by atoms with E-state index >= 15 is 0 Å². The van der Waals surface area contributed by atoms with Gasteiger partial charge in [-0.25, -0.2) is 0 Å². The third-order valence-corrected chi connectivity index (χ3v) is 6.62. The molecule has 2 heterocycles. The van der Waals surface area contributed by atoms with Gasteiger partial charge in [-0.15, -0.1) is 23.1 Å². The quantitative estimate of drug-likeness (QED) is 0.527. The summed E-state index contributed by atoms with van der Waals surface area (Å²) in [5.41, 5.74) is 2.24. The van der Waals surface area contributed by atoms with Gasteiger partial charge in [0.2, 0.25) is 0 Å². The highest BCUT2D eigenvalue weighted by molar-refractivity contribution is 7.99. The molecule has 0 unspecified atom stereocenters. The molecule has 0 radical (unpaired) electrons. The minimum Gasteiger partial charge on any atom is -0.493 e. The smallest absolute Gasteiger partial charge is 0.268 e. The van der Waals surface area contributed by atoms with Crippen LogP contribution < -0.4 is 10.3 Å². The molecule has 0 bridgehead atoms. The zero-order chi connectivity index (χ0) is 18.3. The Hall–Kier alpha value is -1.72. The first-order valence-electron chi connectivity index (χ1n) is 9.06. The van der Waals surface area contributed by atoms with E-state index in [1.54, 1.807) is 15.9 Å². The van der Waals surface area contributed by atoms with Crippen LogP contribution in [0.5, 0.6) is 5.75 Å². The molecular formula is C21H23NO2S2. The number of benzene rings is 1. The highest BCUT2D eigenvalue weighted by Gasteiger charge is 2.23. The van der Waals surface area contributed by atoms with Crippen molar-refractivity contribution < 1.29 is 4.74 Å². The van der Waals surface area contributed by atoms with Crippen LogP contribution in [0.25, 0.3) is 21.2 Å². The molecule has 3 aromatic rings. The van der Waals surface area contributed by atoms with Crippen molar-refractivity contribution in [3.63, 3.8) is 0 Å². The minimum absolute atomic E-state index is 0.0707. The number of hydrogen-bond acceptors (Lipinski definition) is 4. The van der Waals surface area contributed by atoms with E-state index in [4.69, 9.17) is 4.74 Å². The Bertz CT molecular complexity index is 1010. The van der Waals surface area contributed by atoms with Crippen molar-refractivity contribution in [2.45, 2.75) is 31.6 Å². The number of ether oxygens (including phenoxy) is 1. The van der Waals surface area contributed by atoms with E-state index in [-0.39, 0.29) is 5.56 Å². The SMILES string of the molecule is CCSc1ccc(OCC2CC2)c(-c2cn(C)c(=O)c3sc(C)cc23)c1. The van der Waals surface area contributed by atoms with Gasteiger partial charge in [-0.1, -0.05) is 6.92 Å². The highest BCUT2D eigenvalue weighted by atomic mass is 32.2. The number of thiophene rings is 1. The molecule has 1 saturated carbocycles. The fraction of sp³-hybridized carbons (Fsp3) is 0.381. The number of aromatic nitrogens is 1. The lowest BCUT2D eigenvalue weighted by Gasteiger charge is -2.15. The molecule has 5 heteroatoms. The van der Waals surface area contributed by atoms with Gasteiger partial charge in [0.05, 0.1) is 6.61 Å². The molecule has 0 aliphatic heterocycles. The van der Waals surface area contributed by atoms with Crippen molar-refractivity contribution >= 4 is 33.2 Å². The largest absolute Gasteiger partial charge is 0.493 e. The van der Waals surface area contributed by atoms with Crippen LogP contribution in [0.4, 0.5) is 0 Å². The molecule has 1 aliphatic carbocycles. The molecule has 0 saturated heterocycles. The second-order valence-electron chi connectivity index (χ2n) is 6.90. The maximum Gasteiger partial charge on any atom is 0.268 e. The molecule has 1 aromatic carbocycles. The maximum absolute atomic E-state index is 12.5. The van der Waals surface area contributed by atoms with Crippen LogP contribution in [-0.2, 0) is 7.05 Å². The van der Waals surface area contributed by atoms with E-state index in [0.717, 1.165) is 44.2 Å². The molecule has 1 aliphatic rings. The number of fused-ring (bicyclic) bond motifs is 1. The molecule has 136 valence electrons. The van der Waals surface area contributed by atoms with Crippen LogP contribution in [0.3, 0.4) is 0 Å². The molecule has 3 nitrogen and oxygen atoms in total. The Balaban J connectivity index is 1.89. The number of aryl methyl sites for hydroxylation is 2. The predicted octanol–water partition coefficient (Wildman–Crippen LogP) is 5.48. The molecule has 1 fully saturated rings. The second-order valence-corrected chi connectivity index (χ2v) is 9.50. The molecule has 4 rings (SSSR count). The van der Waals surface area contributed by atoms with Gasteiger partial charge in [-0.3, -0.25) is 4.79 Å². The minimum atomic E-state index is 0.0707. The second kappa shape index (κ2) is 7.12. The summed E-state index contributed by atoms with van der Waals surface area (Å²) in [4.78, 5) is 14.9. The topological polar surface area (TPSA) is 31.2 Å². The summed E-state index contributed by atoms with van der Waals surface area (Å²) in [5.74, 6) is 2.65. The zero-order valence-electron chi connectivity index (χ0n) is 15.4. The summed E-state index contributed by atoms with van der Waals surface area (Å²) in [6, 6.07) is 8.56. The van der Waals surface area contributed by atoms with Crippen LogP contribution in [0, 0.1) is 12.8 Å². The first-order chi connectivity index (χ1) is 12.6. The van der Waals surface area contributed by atoms with E-state index in [2.05, 4.69) is 38.1 Å². The average molecular weight is 386 g/mol. The summed E-state index contributed by atoms with van der Waals surface area (Å²) in [7, 11) is 1.83. The lowest BCUT2D eigenvalue weighted by molar-refractivity contribution is 0.301. The summed E-state index contributed by atoms with van der Waals surface area (Å²) < 4.78 is 8.70. The fourth-order valence-corrected chi connectivity index (χ4v) is 4.87. The van der Waals surface area contributed by atoms with Crippen LogP contribution in [-0.4, -0.2) is 16.9 Å². The molecular weight excluding hydrogens is 362 g/mol. The van der Waals surface area contributed by atoms with Crippen LogP contribution in [0.15, 0.2) is 40.2 Å². The first kappa shape index (κ1) is 17.7. The van der Waals surface area contributed by atoms with Gasteiger partial charge in [0.15, 0.2) is 0 Å². The van der Waals surface area contributed by atoms with Gasteiger partial charge >= 0.3 is 0 Å². The predicted molar refractivity (Wildman–Crippen MR) is 112 cm³/mol. The van der Waals surface area contributed by atoms with Gasteiger partial charge < -0.3 is 9.30 Å². The summed E-state index contributed by atoms with van der Waals surface area (Å²) in [6.07, 6.45) is 4.50. The Morgan fingerprint density at radius 3 is 2.81 bits per heavy atom. The lowest BCUT2D eigenvalue weighted by atomic mass is 10.0. The van der Waals surface area contributed by atoms with Crippen molar-refractivity contribution in [3.8, 4) is 16.9 Å². The average Bonchev–Trinajstić information content (AvgIpc) is 3.37.